The van der Waals surface area contributed by atoms with Crippen LogP contribution in [-0.2, 0) is 11.4 Å². The summed E-state index contributed by atoms with van der Waals surface area (Å²) in [5.74, 6) is -0.267. The van der Waals surface area contributed by atoms with Gasteiger partial charge in [-0.2, -0.15) is 0 Å². The quantitative estimate of drug-likeness (QED) is 0.584. The van der Waals surface area contributed by atoms with E-state index in [2.05, 4.69) is 5.32 Å². The van der Waals surface area contributed by atoms with E-state index in [9.17, 15) is 14.9 Å². The third-order valence-electron chi connectivity index (χ3n) is 2.70. The van der Waals surface area contributed by atoms with Crippen molar-refractivity contribution in [2.24, 2.45) is 0 Å². The molecular formula is C12H14N2O5. The first-order valence-electron chi connectivity index (χ1n) is 5.90. The molecule has 1 aliphatic rings. The number of nitro benzene ring substituents is 1. The van der Waals surface area contributed by atoms with Crippen LogP contribution in [0.25, 0.3) is 0 Å². The maximum atomic E-state index is 11.4. The number of aliphatic hydroxyl groups is 1. The molecule has 0 bridgehead atoms. The van der Waals surface area contributed by atoms with Crippen molar-refractivity contribution in [3.63, 3.8) is 0 Å². The Kier molecular flexibility index (Phi) is 3.96. The van der Waals surface area contributed by atoms with E-state index in [-0.39, 0.29) is 36.6 Å². The molecule has 2 rings (SSSR count). The zero-order chi connectivity index (χ0) is 13.8. The molecule has 0 heterocycles. The van der Waals surface area contributed by atoms with Crippen molar-refractivity contribution in [1.29, 1.82) is 0 Å². The lowest BCUT2D eigenvalue weighted by Gasteiger charge is -2.07. The van der Waals surface area contributed by atoms with Gasteiger partial charge in [0.1, 0.15) is 0 Å². The van der Waals surface area contributed by atoms with Gasteiger partial charge in [-0.3, -0.25) is 14.9 Å². The van der Waals surface area contributed by atoms with Gasteiger partial charge in [-0.05, 0) is 24.5 Å². The van der Waals surface area contributed by atoms with Gasteiger partial charge < -0.3 is 15.2 Å². The van der Waals surface area contributed by atoms with Crippen LogP contribution in [0.2, 0.25) is 0 Å². The Balaban J connectivity index is 2.01. The molecule has 7 heteroatoms. The SMILES string of the molecule is O=C(COc1ccc(CO)cc1[N+](=O)[O-])NC1CC1. The summed E-state index contributed by atoms with van der Waals surface area (Å²) in [5, 5.41) is 22.5. The minimum atomic E-state index is -0.604. The molecule has 0 saturated heterocycles. The Morgan fingerprint density at radius 1 is 1.53 bits per heavy atom. The number of carbonyl (C=O) groups is 1. The van der Waals surface area contributed by atoms with Gasteiger partial charge in [-0.1, -0.05) is 6.07 Å². The number of hydrogen-bond donors (Lipinski definition) is 2. The fourth-order valence-corrected chi connectivity index (χ4v) is 1.57. The summed E-state index contributed by atoms with van der Waals surface area (Å²) in [4.78, 5) is 21.7. The van der Waals surface area contributed by atoms with Crippen molar-refractivity contribution in [1.82, 2.24) is 5.32 Å². The first-order chi connectivity index (χ1) is 9.10. The van der Waals surface area contributed by atoms with Gasteiger partial charge in [-0.15, -0.1) is 0 Å². The van der Waals surface area contributed by atoms with Crippen molar-refractivity contribution < 1.29 is 19.6 Å². The smallest absolute Gasteiger partial charge is 0.311 e. The van der Waals surface area contributed by atoms with Crippen LogP contribution < -0.4 is 10.1 Å². The van der Waals surface area contributed by atoms with E-state index < -0.39 is 4.92 Å². The molecule has 7 nitrogen and oxygen atoms in total. The molecule has 0 radical (unpaired) electrons. The number of hydrogen-bond acceptors (Lipinski definition) is 5. The molecule has 102 valence electrons. The molecule has 1 saturated carbocycles. The second kappa shape index (κ2) is 5.66. The van der Waals surface area contributed by atoms with E-state index in [1.165, 1.54) is 18.2 Å². The Morgan fingerprint density at radius 3 is 2.84 bits per heavy atom. The van der Waals surface area contributed by atoms with Gasteiger partial charge in [0.15, 0.2) is 12.4 Å². The second-order valence-corrected chi connectivity index (χ2v) is 4.35. The van der Waals surface area contributed by atoms with E-state index in [4.69, 9.17) is 9.84 Å². The van der Waals surface area contributed by atoms with Crippen LogP contribution >= 0.6 is 0 Å². The summed E-state index contributed by atoms with van der Waals surface area (Å²) in [6.45, 7) is -0.543. The molecule has 0 aromatic heterocycles. The maximum Gasteiger partial charge on any atom is 0.311 e. The Bertz CT molecular complexity index is 499. The summed E-state index contributed by atoms with van der Waals surface area (Å²) in [7, 11) is 0. The Labute approximate surface area is 109 Å². The third kappa shape index (κ3) is 3.65. The number of benzene rings is 1. The summed E-state index contributed by atoms with van der Waals surface area (Å²) in [6.07, 6.45) is 1.94. The van der Waals surface area contributed by atoms with Crippen molar-refractivity contribution in [2.75, 3.05) is 6.61 Å². The molecule has 19 heavy (non-hydrogen) atoms. The first kappa shape index (κ1) is 13.3. The predicted molar refractivity (Wildman–Crippen MR) is 65.7 cm³/mol. The van der Waals surface area contributed by atoms with Crippen LogP contribution in [0, 0.1) is 10.1 Å². The highest BCUT2D eigenvalue weighted by Gasteiger charge is 2.24. The van der Waals surface area contributed by atoms with Crippen LogP contribution in [0.5, 0.6) is 5.75 Å². The van der Waals surface area contributed by atoms with Gasteiger partial charge in [0, 0.05) is 12.1 Å². The molecule has 1 aliphatic carbocycles. The minimum Gasteiger partial charge on any atom is -0.477 e. The predicted octanol–water partition coefficient (Wildman–Crippen LogP) is 0.744. The van der Waals surface area contributed by atoms with Gasteiger partial charge in [0.05, 0.1) is 11.5 Å². The zero-order valence-electron chi connectivity index (χ0n) is 10.2. The van der Waals surface area contributed by atoms with Crippen LogP contribution in [0.15, 0.2) is 18.2 Å². The summed E-state index contributed by atoms with van der Waals surface area (Å²) in [5.41, 5.74) is 0.159. The number of nitrogens with zero attached hydrogens (tertiary/aromatic N) is 1. The lowest BCUT2D eigenvalue weighted by atomic mass is 10.2. The number of carbonyl (C=O) groups excluding carboxylic acids is 1. The van der Waals surface area contributed by atoms with Gasteiger partial charge in [0.2, 0.25) is 0 Å². The Hall–Kier alpha value is -2.15. The number of amides is 1. The minimum absolute atomic E-state index is 0.0214. The number of aliphatic hydroxyl groups excluding tert-OH is 1. The normalized spacial score (nSPS) is 13.9. The highest BCUT2D eigenvalue weighted by atomic mass is 16.6. The molecule has 1 aromatic rings. The summed E-state index contributed by atoms with van der Waals surface area (Å²) in [6, 6.07) is 4.35. The molecule has 0 atom stereocenters. The van der Waals surface area contributed by atoms with Gasteiger partial charge in [0.25, 0.3) is 5.91 Å². The highest BCUT2D eigenvalue weighted by Crippen LogP contribution is 2.28. The van der Waals surface area contributed by atoms with Crippen molar-refractivity contribution in [3.05, 3.63) is 33.9 Å². The van der Waals surface area contributed by atoms with Crippen molar-refractivity contribution in [3.8, 4) is 5.75 Å². The van der Waals surface area contributed by atoms with E-state index >= 15 is 0 Å². The molecule has 1 amide bonds. The number of nitro groups is 1. The molecule has 0 unspecified atom stereocenters. The van der Waals surface area contributed by atoms with Crippen LogP contribution in [0.3, 0.4) is 0 Å². The van der Waals surface area contributed by atoms with Gasteiger partial charge >= 0.3 is 5.69 Å². The van der Waals surface area contributed by atoms with E-state index in [1.807, 2.05) is 0 Å². The van der Waals surface area contributed by atoms with Crippen LogP contribution in [0.4, 0.5) is 5.69 Å². The average molecular weight is 266 g/mol. The van der Waals surface area contributed by atoms with Crippen molar-refractivity contribution in [2.45, 2.75) is 25.5 Å². The number of rotatable bonds is 6. The van der Waals surface area contributed by atoms with Crippen LogP contribution in [-0.4, -0.2) is 28.6 Å². The van der Waals surface area contributed by atoms with Gasteiger partial charge in [-0.25, -0.2) is 0 Å². The summed E-state index contributed by atoms with van der Waals surface area (Å²) >= 11 is 0. The topological polar surface area (TPSA) is 102 Å². The van der Waals surface area contributed by atoms with Crippen LogP contribution in [0.1, 0.15) is 18.4 Å². The van der Waals surface area contributed by atoms with E-state index in [0.29, 0.717) is 5.56 Å². The zero-order valence-corrected chi connectivity index (χ0v) is 10.2. The highest BCUT2D eigenvalue weighted by molar-refractivity contribution is 5.78. The molecular weight excluding hydrogens is 252 g/mol. The van der Waals surface area contributed by atoms with E-state index in [0.717, 1.165) is 12.8 Å². The second-order valence-electron chi connectivity index (χ2n) is 4.35. The lowest BCUT2D eigenvalue weighted by molar-refractivity contribution is -0.385. The molecule has 0 spiro atoms. The average Bonchev–Trinajstić information content (AvgIpc) is 3.20. The fourth-order valence-electron chi connectivity index (χ4n) is 1.57. The number of nitrogens with one attached hydrogen (secondary N) is 1. The standard InChI is InChI=1S/C12H14N2O5/c15-6-8-1-4-11(10(5-8)14(17)18)19-7-12(16)13-9-2-3-9/h1,4-5,9,15H,2-3,6-7H2,(H,13,16). The third-order valence-corrected chi connectivity index (χ3v) is 2.70. The summed E-state index contributed by atoms with van der Waals surface area (Å²) < 4.78 is 5.15. The number of ether oxygens (including phenoxy) is 1. The Morgan fingerprint density at radius 2 is 2.26 bits per heavy atom. The maximum absolute atomic E-state index is 11.4. The molecule has 0 aliphatic heterocycles. The molecule has 2 N–H and O–H groups in total. The monoisotopic (exact) mass is 266 g/mol. The largest absolute Gasteiger partial charge is 0.477 e. The fraction of sp³-hybridized carbons (Fsp3) is 0.417. The van der Waals surface area contributed by atoms with Crippen molar-refractivity contribution >= 4 is 11.6 Å². The molecule has 1 fully saturated rings. The van der Waals surface area contributed by atoms with E-state index in [1.54, 1.807) is 0 Å². The molecule has 1 aromatic carbocycles. The first-order valence-corrected chi connectivity index (χ1v) is 5.90. The lowest BCUT2D eigenvalue weighted by Crippen LogP contribution is -2.30.